The highest BCUT2D eigenvalue weighted by Crippen LogP contribution is 2.30. The van der Waals surface area contributed by atoms with Gasteiger partial charge in [-0.1, -0.05) is 42.5 Å². The molecule has 22 heavy (non-hydrogen) atoms. The summed E-state index contributed by atoms with van der Waals surface area (Å²) >= 11 is 0. The number of aliphatic imine (C=N–C) groups is 1. The molecule has 0 saturated heterocycles. The average Bonchev–Trinajstić information content (AvgIpc) is 2.55. The van der Waals surface area contributed by atoms with Crippen LogP contribution in [0.1, 0.15) is 11.1 Å². The molecule has 0 spiro atoms. The number of amidine groups is 1. The second-order valence-electron chi connectivity index (χ2n) is 4.94. The predicted molar refractivity (Wildman–Crippen MR) is 89.9 cm³/mol. The number of nitrogens with two attached hydrogens (primary N) is 1. The molecule has 4 heteroatoms. The molecule has 0 aliphatic rings. The van der Waals surface area contributed by atoms with Crippen molar-refractivity contribution >= 4 is 5.84 Å². The van der Waals surface area contributed by atoms with Crippen LogP contribution < -0.4 is 15.2 Å². The fraction of sp³-hybridized carbons (Fsp3) is 0.278. The van der Waals surface area contributed by atoms with Crippen LogP contribution in [-0.2, 0) is 12.8 Å². The molecular formula is C18H22N2O2. The molecular weight excluding hydrogens is 276 g/mol. The number of methoxy groups -OCH3 is 2. The minimum atomic E-state index is 0.551. The average molecular weight is 298 g/mol. The molecule has 0 radical (unpaired) electrons. The van der Waals surface area contributed by atoms with E-state index >= 15 is 0 Å². The van der Waals surface area contributed by atoms with Crippen LogP contribution in [0.5, 0.6) is 11.5 Å². The molecule has 116 valence electrons. The maximum Gasteiger partial charge on any atom is 0.164 e. The van der Waals surface area contributed by atoms with E-state index in [9.17, 15) is 0 Å². The zero-order valence-corrected chi connectivity index (χ0v) is 13.1. The zero-order valence-electron chi connectivity index (χ0n) is 13.1. The number of hydrogen-bond acceptors (Lipinski definition) is 3. The van der Waals surface area contributed by atoms with Crippen LogP contribution in [0.25, 0.3) is 0 Å². The Hall–Kier alpha value is -2.49. The van der Waals surface area contributed by atoms with Gasteiger partial charge in [-0.3, -0.25) is 4.99 Å². The number of hydrogen-bond donors (Lipinski definition) is 1. The molecule has 0 atom stereocenters. The van der Waals surface area contributed by atoms with Crippen molar-refractivity contribution in [1.82, 2.24) is 0 Å². The minimum Gasteiger partial charge on any atom is -0.493 e. The van der Waals surface area contributed by atoms with Gasteiger partial charge in [0.25, 0.3) is 0 Å². The molecule has 2 N–H and O–H groups in total. The second kappa shape index (κ2) is 8.08. The molecule has 2 rings (SSSR count). The second-order valence-corrected chi connectivity index (χ2v) is 4.94. The first-order valence-corrected chi connectivity index (χ1v) is 7.27. The molecule has 0 bridgehead atoms. The van der Waals surface area contributed by atoms with Crippen LogP contribution in [0.2, 0.25) is 0 Å². The van der Waals surface area contributed by atoms with Gasteiger partial charge >= 0.3 is 0 Å². The van der Waals surface area contributed by atoms with E-state index in [2.05, 4.69) is 17.1 Å². The van der Waals surface area contributed by atoms with E-state index in [1.807, 2.05) is 36.4 Å². The summed E-state index contributed by atoms with van der Waals surface area (Å²) in [5.74, 6) is 2.02. The molecule has 0 aliphatic carbocycles. The van der Waals surface area contributed by atoms with Crippen molar-refractivity contribution in [2.45, 2.75) is 12.8 Å². The van der Waals surface area contributed by atoms with Crippen molar-refractivity contribution in [2.75, 3.05) is 20.8 Å². The Labute approximate surface area is 131 Å². The molecule has 2 aromatic carbocycles. The third-order valence-electron chi connectivity index (χ3n) is 3.41. The van der Waals surface area contributed by atoms with Crippen molar-refractivity contribution in [3.05, 3.63) is 59.7 Å². The fourth-order valence-electron chi connectivity index (χ4n) is 2.32. The molecule has 0 fully saturated rings. The number of nitrogens with zero attached hydrogens (tertiary/aromatic N) is 1. The van der Waals surface area contributed by atoms with E-state index in [4.69, 9.17) is 15.2 Å². The van der Waals surface area contributed by atoms with Gasteiger partial charge in [-0.25, -0.2) is 0 Å². The standard InChI is InChI=1S/C18H22N2O2/c1-21-16-10-6-9-15(18(16)22-2)13-17(19)20-12-11-14-7-4-3-5-8-14/h3-10H,11-13H2,1-2H3,(H2,19,20). The molecule has 0 unspecified atom stereocenters. The predicted octanol–water partition coefficient (Wildman–Crippen LogP) is 2.85. The Kier molecular flexibility index (Phi) is 5.83. The van der Waals surface area contributed by atoms with Crippen molar-refractivity contribution in [3.63, 3.8) is 0 Å². The summed E-state index contributed by atoms with van der Waals surface area (Å²) < 4.78 is 10.7. The molecule has 0 saturated carbocycles. The minimum absolute atomic E-state index is 0.551. The maximum absolute atomic E-state index is 6.04. The van der Waals surface area contributed by atoms with Gasteiger partial charge in [-0.05, 0) is 18.1 Å². The summed E-state index contributed by atoms with van der Waals surface area (Å²) in [6.07, 6.45) is 1.44. The summed E-state index contributed by atoms with van der Waals surface area (Å²) in [7, 11) is 3.25. The van der Waals surface area contributed by atoms with Gasteiger partial charge in [-0.2, -0.15) is 0 Å². The van der Waals surface area contributed by atoms with E-state index in [1.54, 1.807) is 14.2 Å². The molecule has 0 heterocycles. The van der Waals surface area contributed by atoms with Gasteiger partial charge in [0.15, 0.2) is 11.5 Å². The normalized spacial score (nSPS) is 11.3. The van der Waals surface area contributed by atoms with Gasteiger partial charge in [-0.15, -0.1) is 0 Å². The van der Waals surface area contributed by atoms with E-state index in [-0.39, 0.29) is 0 Å². The number of para-hydroxylation sites is 1. The van der Waals surface area contributed by atoms with Crippen molar-refractivity contribution in [2.24, 2.45) is 10.7 Å². The molecule has 0 aromatic heterocycles. The smallest absolute Gasteiger partial charge is 0.164 e. The SMILES string of the molecule is COc1cccc(CC(N)=NCCc2ccccc2)c1OC. The third kappa shape index (κ3) is 4.25. The highest BCUT2D eigenvalue weighted by atomic mass is 16.5. The van der Waals surface area contributed by atoms with Crippen LogP contribution in [0.4, 0.5) is 0 Å². The quantitative estimate of drug-likeness (QED) is 0.631. The van der Waals surface area contributed by atoms with Crippen LogP contribution in [0.15, 0.2) is 53.5 Å². The topological polar surface area (TPSA) is 56.8 Å². The monoisotopic (exact) mass is 298 g/mol. The summed E-state index contributed by atoms with van der Waals surface area (Å²) in [6.45, 7) is 0.683. The van der Waals surface area contributed by atoms with Crippen molar-refractivity contribution in [1.29, 1.82) is 0 Å². The lowest BCUT2D eigenvalue weighted by Crippen LogP contribution is -2.16. The van der Waals surface area contributed by atoms with Gasteiger partial charge < -0.3 is 15.2 Å². The number of rotatable bonds is 7. The molecule has 0 aliphatic heterocycles. The van der Waals surface area contributed by atoms with Gasteiger partial charge in [0, 0.05) is 18.5 Å². The Morgan fingerprint density at radius 1 is 1.00 bits per heavy atom. The molecule has 0 amide bonds. The highest BCUT2D eigenvalue weighted by molar-refractivity contribution is 5.83. The lowest BCUT2D eigenvalue weighted by molar-refractivity contribution is 0.352. The van der Waals surface area contributed by atoms with Gasteiger partial charge in [0.1, 0.15) is 0 Å². The van der Waals surface area contributed by atoms with E-state index < -0.39 is 0 Å². The van der Waals surface area contributed by atoms with Gasteiger partial charge in [0.05, 0.1) is 20.1 Å². The van der Waals surface area contributed by atoms with Crippen LogP contribution in [-0.4, -0.2) is 26.6 Å². The molecule has 2 aromatic rings. The summed E-state index contributed by atoms with van der Waals surface area (Å²) in [4.78, 5) is 4.44. The Morgan fingerprint density at radius 2 is 1.77 bits per heavy atom. The number of ether oxygens (including phenoxy) is 2. The summed E-state index contributed by atoms with van der Waals surface area (Å²) in [6, 6.07) is 16.0. The van der Waals surface area contributed by atoms with Crippen LogP contribution in [0.3, 0.4) is 0 Å². The summed E-state index contributed by atoms with van der Waals surface area (Å²) in [5.41, 5.74) is 8.28. The molecule has 4 nitrogen and oxygen atoms in total. The van der Waals surface area contributed by atoms with E-state index in [0.717, 1.165) is 12.0 Å². The van der Waals surface area contributed by atoms with Crippen LogP contribution >= 0.6 is 0 Å². The third-order valence-corrected chi connectivity index (χ3v) is 3.41. The van der Waals surface area contributed by atoms with E-state index in [1.165, 1.54) is 5.56 Å². The van der Waals surface area contributed by atoms with Crippen LogP contribution in [0, 0.1) is 0 Å². The maximum atomic E-state index is 6.04. The fourth-order valence-corrected chi connectivity index (χ4v) is 2.32. The number of benzene rings is 2. The summed E-state index contributed by atoms with van der Waals surface area (Å²) in [5, 5.41) is 0. The van der Waals surface area contributed by atoms with Crippen molar-refractivity contribution < 1.29 is 9.47 Å². The van der Waals surface area contributed by atoms with Gasteiger partial charge in [0.2, 0.25) is 0 Å². The Balaban J connectivity index is 1.99. The lowest BCUT2D eigenvalue weighted by Gasteiger charge is -2.12. The Bertz CT molecular complexity index is 624. The van der Waals surface area contributed by atoms with E-state index in [0.29, 0.717) is 30.3 Å². The first-order chi connectivity index (χ1) is 10.7. The largest absolute Gasteiger partial charge is 0.493 e. The van der Waals surface area contributed by atoms with Crippen molar-refractivity contribution in [3.8, 4) is 11.5 Å². The first kappa shape index (κ1) is 15.9. The highest BCUT2D eigenvalue weighted by Gasteiger charge is 2.10. The lowest BCUT2D eigenvalue weighted by atomic mass is 10.1. The Morgan fingerprint density at radius 3 is 2.45 bits per heavy atom. The first-order valence-electron chi connectivity index (χ1n) is 7.27. The zero-order chi connectivity index (χ0) is 15.8.